The van der Waals surface area contributed by atoms with Crippen molar-refractivity contribution >= 4 is 11.0 Å². The van der Waals surface area contributed by atoms with E-state index in [4.69, 9.17) is 4.74 Å². The summed E-state index contributed by atoms with van der Waals surface area (Å²) in [4.78, 5) is 4.57. The predicted octanol–water partition coefficient (Wildman–Crippen LogP) is 2.41. The number of aliphatic hydroxyl groups excluding tert-OH is 1. The van der Waals surface area contributed by atoms with E-state index >= 15 is 0 Å². The second-order valence-corrected chi connectivity index (χ2v) is 4.68. The highest BCUT2D eigenvalue weighted by Gasteiger charge is 2.15. The van der Waals surface area contributed by atoms with Crippen molar-refractivity contribution in [1.82, 2.24) is 9.55 Å². The second kappa shape index (κ2) is 5.46. The number of hydrogen-bond donors (Lipinski definition) is 2. The minimum absolute atomic E-state index is 0.00424. The van der Waals surface area contributed by atoms with Crippen LogP contribution >= 0.6 is 0 Å². The minimum Gasteiger partial charge on any atom is -0.507 e. The number of aromatic hydroxyl groups is 1. The van der Waals surface area contributed by atoms with Crippen LogP contribution in [0.5, 0.6) is 11.5 Å². The van der Waals surface area contributed by atoms with Gasteiger partial charge in [0.2, 0.25) is 0 Å². The SMILES string of the molecule is COc1ccc(-c2nc3ccccc3n2CCO)c(O)c1. The van der Waals surface area contributed by atoms with Crippen molar-refractivity contribution in [3.8, 4) is 22.9 Å². The topological polar surface area (TPSA) is 67.5 Å². The van der Waals surface area contributed by atoms with Crippen molar-refractivity contribution < 1.29 is 14.9 Å². The summed E-state index contributed by atoms with van der Waals surface area (Å²) >= 11 is 0. The lowest BCUT2D eigenvalue weighted by molar-refractivity contribution is 0.278. The van der Waals surface area contributed by atoms with E-state index < -0.39 is 0 Å². The van der Waals surface area contributed by atoms with Gasteiger partial charge in [0.15, 0.2) is 0 Å². The number of nitrogens with zero attached hydrogens (tertiary/aromatic N) is 2. The van der Waals surface area contributed by atoms with Gasteiger partial charge in [-0.2, -0.15) is 0 Å². The van der Waals surface area contributed by atoms with Crippen LogP contribution in [0, 0.1) is 0 Å². The van der Waals surface area contributed by atoms with E-state index in [-0.39, 0.29) is 12.4 Å². The van der Waals surface area contributed by atoms with Crippen LogP contribution in [0.15, 0.2) is 42.5 Å². The van der Waals surface area contributed by atoms with Gasteiger partial charge in [-0.15, -0.1) is 0 Å². The molecular weight excluding hydrogens is 268 g/mol. The van der Waals surface area contributed by atoms with E-state index in [1.54, 1.807) is 25.3 Å². The Morgan fingerprint density at radius 1 is 1.19 bits per heavy atom. The fourth-order valence-electron chi connectivity index (χ4n) is 2.43. The van der Waals surface area contributed by atoms with E-state index in [1.807, 2.05) is 28.8 Å². The predicted molar refractivity (Wildman–Crippen MR) is 80.5 cm³/mol. The van der Waals surface area contributed by atoms with E-state index in [9.17, 15) is 10.2 Å². The largest absolute Gasteiger partial charge is 0.507 e. The van der Waals surface area contributed by atoms with Gasteiger partial charge >= 0.3 is 0 Å². The molecule has 1 aromatic heterocycles. The van der Waals surface area contributed by atoms with E-state index in [2.05, 4.69) is 4.98 Å². The first-order valence-corrected chi connectivity index (χ1v) is 6.68. The summed E-state index contributed by atoms with van der Waals surface area (Å²) in [5.41, 5.74) is 2.37. The average Bonchev–Trinajstić information content (AvgIpc) is 2.86. The van der Waals surface area contributed by atoms with E-state index in [0.717, 1.165) is 11.0 Å². The monoisotopic (exact) mass is 284 g/mol. The number of fused-ring (bicyclic) bond motifs is 1. The maximum atomic E-state index is 10.2. The van der Waals surface area contributed by atoms with Crippen molar-refractivity contribution in [3.05, 3.63) is 42.5 Å². The second-order valence-electron chi connectivity index (χ2n) is 4.68. The number of methoxy groups -OCH3 is 1. The first kappa shape index (κ1) is 13.5. The molecule has 0 radical (unpaired) electrons. The highest BCUT2D eigenvalue weighted by Crippen LogP contribution is 2.33. The molecule has 0 unspecified atom stereocenters. The molecule has 5 heteroatoms. The number of ether oxygens (including phenoxy) is 1. The summed E-state index contributed by atoms with van der Waals surface area (Å²) in [5, 5.41) is 19.5. The standard InChI is InChI=1S/C16H16N2O3/c1-21-11-6-7-12(15(20)10-11)16-17-13-4-2-3-5-14(13)18(16)8-9-19/h2-7,10,19-20H,8-9H2,1H3. The van der Waals surface area contributed by atoms with Crippen LogP contribution in [-0.4, -0.2) is 33.5 Å². The van der Waals surface area contributed by atoms with E-state index in [0.29, 0.717) is 23.7 Å². The molecule has 0 aliphatic rings. The lowest BCUT2D eigenvalue weighted by atomic mass is 10.2. The Labute approximate surface area is 122 Å². The molecule has 5 nitrogen and oxygen atoms in total. The minimum atomic E-state index is 0.00424. The Balaban J connectivity index is 2.21. The number of phenols is 1. The van der Waals surface area contributed by atoms with E-state index in [1.165, 1.54) is 0 Å². The summed E-state index contributed by atoms with van der Waals surface area (Å²) in [7, 11) is 1.55. The number of rotatable bonds is 4. The van der Waals surface area contributed by atoms with Gasteiger partial charge in [-0.25, -0.2) is 4.98 Å². The molecule has 2 N–H and O–H groups in total. The maximum absolute atomic E-state index is 10.2. The zero-order chi connectivity index (χ0) is 14.8. The molecule has 2 aromatic carbocycles. The van der Waals surface area contributed by atoms with Gasteiger partial charge in [-0.3, -0.25) is 0 Å². The van der Waals surface area contributed by atoms with Crippen LogP contribution in [0.3, 0.4) is 0 Å². The number of aromatic nitrogens is 2. The third-order valence-electron chi connectivity index (χ3n) is 3.42. The molecule has 3 rings (SSSR count). The first-order chi connectivity index (χ1) is 10.2. The molecule has 0 bridgehead atoms. The number of benzene rings is 2. The smallest absolute Gasteiger partial charge is 0.144 e. The molecule has 0 spiro atoms. The Morgan fingerprint density at radius 2 is 2.00 bits per heavy atom. The zero-order valence-electron chi connectivity index (χ0n) is 11.7. The third-order valence-corrected chi connectivity index (χ3v) is 3.42. The Hall–Kier alpha value is -2.53. The van der Waals surface area contributed by atoms with Crippen molar-refractivity contribution in [1.29, 1.82) is 0 Å². The van der Waals surface area contributed by atoms with Crippen LogP contribution in [0.4, 0.5) is 0 Å². The van der Waals surface area contributed by atoms with Crippen LogP contribution in [-0.2, 0) is 6.54 Å². The normalized spacial score (nSPS) is 11.0. The van der Waals surface area contributed by atoms with Gasteiger partial charge in [0.25, 0.3) is 0 Å². The van der Waals surface area contributed by atoms with Crippen molar-refractivity contribution in [3.63, 3.8) is 0 Å². The number of aliphatic hydroxyl groups is 1. The Kier molecular flexibility index (Phi) is 3.50. The molecule has 108 valence electrons. The number of phenolic OH excluding ortho intramolecular Hbond substituents is 1. The molecule has 0 aliphatic heterocycles. The lowest BCUT2D eigenvalue weighted by Crippen LogP contribution is -2.04. The van der Waals surface area contributed by atoms with Gasteiger partial charge in [0.1, 0.15) is 17.3 Å². The molecule has 0 aliphatic carbocycles. The van der Waals surface area contributed by atoms with Gasteiger partial charge in [0, 0.05) is 12.6 Å². The average molecular weight is 284 g/mol. The number of imidazole rings is 1. The molecule has 0 saturated carbocycles. The Morgan fingerprint density at radius 3 is 2.71 bits per heavy atom. The van der Waals surface area contributed by atoms with Crippen LogP contribution < -0.4 is 4.74 Å². The van der Waals surface area contributed by atoms with Gasteiger partial charge in [-0.05, 0) is 24.3 Å². The van der Waals surface area contributed by atoms with Crippen LogP contribution in [0.2, 0.25) is 0 Å². The summed E-state index contributed by atoms with van der Waals surface area (Å²) in [6, 6.07) is 12.8. The molecular formula is C16H16N2O3. The van der Waals surface area contributed by atoms with Gasteiger partial charge in [0.05, 0.1) is 30.3 Å². The maximum Gasteiger partial charge on any atom is 0.144 e. The van der Waals surface area contributed by atoms with Crippen molar-refractivity contribution in [2.75, 3.05) is 13.7 Å². The molecule has 3 aromatic rings. The lowest BCUT2D eigenvalue weighted by Gasteiger charge is -2.10. The van der Waals surface area contributed by atoms with Gasteiger partial charge in [-0.1, -0.05) is 12.1 Å². The molecule has 21 heavy (non-hydrogen) atoms. The van der Waals surface area contributed by atoms with Gasteiger partial charge < -0.3 is 19.5 Å². The molecule has 0 saturated heterocycles. The highest BCUT2D eigenvalue weighted by atomic mass is 16.5. The summed E-state index contributed by atoms with van der Waals surface area (Å²) in [6.45, 7) is 0.422. The first-order valence-electron chi connectivity index (χ1n) is 6.68. The summed E-state index contributed by atoms with van der Waals surface area (Å²) in [6.07, 6.45) is 0. The molecule has 0 amide bonds. The third kappa shape index (κ3) is 2.32. The Bertz CT molecular complexity index is 780. The van der Waals surface area contributed by atoms with Crippen molar-refractivity contribution in [2.45, 2.75) is 6.54 Å². The molecule has 0 atom stereocenters. The van der Waals surface area contributed by atoms with Crippen LogP contribution in [0.25, 0.3) is 22.4 Å². The summed E-state index contributed by atoms with van der Waals surface area (Å²) < 4.78 is 7.00. The quantitative estimate of drug-likeness (QED) is 0.772. The molecule has 1 heterocycles. The van der Waals surface area contributed by atoms with Crippen LogP contribution in [0.1, 0.15) is 0 Å². The number of para-hydroxylation sites is 2. The molecule has 0 fully saturated rings. The fourth-order valence-corrected chi connectivity index (χ4v) is 2.43. The fraction of sp³-hybridized carbons (Fsp3) is 0.188. The number of hydrogen-bond acceptors (Lipinski definition) is 4. The highest BCUT2D eigenvalue weighted by molar-refractivity contribution is 5.82. The van der Waals surface area contributed by atoms with Crippen molar-refractivity contribution in [2.24, 2.45) is 0 Å². The summed E-state index contributed by atoms with van der Waals surface area (Å²) in [5.74, 6) is 1.32. The zero-order valence-corrected chi connectivity index (χ0v) is 11.7.